The molecule has 6 aromatic rings. The van der Waals surface area contributed by atoms with Crippen molar-refractivity contribution in [3.05, 3.63) is 137 Å². The molecular weight excluding hydrogens is 1260 g/mol. The van der Waals surface area contributed by atoms with E-state index in [2.05, 4.69) is 67.1 Å². The Kier molecular flexibility index (Phi) is 19.6. The van der Waals surface area contributed by atoms with E-state index in [1.165, 1.54) is 50.7 Å². The molecule has 472 valence electrons. The van der Waals surface area contributed by atoms with Crippen LogP contribution in [-0.4, -0.2) is 88.0 Å². The van der Waals surface area contributed by atoms with Gasteiger partial charge in [-0.3, -0.25) is 42.5 Å². The van der Waals surface area contributed by atoms with Crippen LogP contribution >= 0.6 is 50.7 Å². The van der Waals surface area contributed by atoms with Crippen molar-refractivity contribution in [3.8, 4) is 0 Å². The molecule has 6 aromatic heterocycles. The topological polar surface area (TPSA) is 249 Å². The van der Waals surface area contributed by atoms with Crippen molar-refractivity contribution in [1.82, 2.24) is 58.7 Å². The molecule has 3 aliphatic heterocycles. The predicted octanol–water partition coefficient (Wildman–Crippen LogP) is 13.5. The third kappa shape index (κ3) is 12.4. The Morgan fingerprint density at radius 3 is 1.12 bits per heavy atom. The zero-order valence-corrected chi connectivity index (χ0v) is 53.0. The van der Waals surface area contributed by atoms with Crippen LogP contribution in [0.1, 0.15) is 212 Å². The summed E-state index contributed by atoms with van der Waals surface area (Å²) in [6.45, 7) is 0. The highest BCUT2D eigenvalue weighted by Gasteiger charge is 2.56. The fraction of sp³-hybridized carbons (Fsp3) is 0.531. The standard InChI is InChI=1S/2C21H24ClN5O2.C16H16ClN5O2.C5H9Br.CH4/c2*22-15-12-16(25-17-8-11-23-13-24-17)19(28)27-18(15)20(29)26(14-6-2-3-7-14)21(27)9-4-1-5-10-21;17-10-8-11(20-12-4-7-18-9-19-12)15(24)22-13(10)14(23)21-16(22)5-2-1-3-6-16;6-5-3-1-2-4-5;/h2*8,11-14H,1-7,9-10H2,(H,23,24,25);4,7-9H,1-3,5-6H2,(H,21,23)(H,18,19,20);5H,1-4H2;1H4. The van der Waals surface area contributed by atoms with Gasteiger partial charge in [-0.15, -0.1) is 0 Å². The van der Waals surface area contributed by atoms with Crippen LogP contribution in [0.4, 0.5) is 34.5 Å². The SMILES string of the molecule is BrC1CCCC1.C.O=C1NC2(CCCCC2)n2c1c(Cl)cc(Nc1ccncn1)c2=O.O=C1c2c(Cl)cc(Nc3ccncn3)c(=O)n2C2(CCCCC2)N1C1CCCC1.O=C1c2c(Cl)cc(Nc3ccncn3)c(=O)n2C2(CCCCC2)N1C1CCCC1. The molecule has 15 rings (SSSR count). The number of nitrogens with one attached hydrogen (secondary N) is 4. The minimum absolute atomic E-state index is 0. The number of rotatable bonds is 8. The fourth-order valence-electron chi connectivity index (χ4n) is 15.4. The molecule has 0 aromatic carbocycles. The van der Waals surface area contributed by atoms with Gasteiger partial charge in [-0.2, -0.15) is 0 Å². The van der Waals surface area contributed by atoms with Gasteiger partial charge in [0.05, 0.1) is 15.1 Å². The van der Waals surface area contributed by atoms with E-state index in [9.17, 15) is 28.8 Å². The van der Waals surface area contributed by atoms with Crippen molar-refractivity contribution in [1.29, 1.82) is 0 Å². The average molecular weight is 1340 g/mol. The van der Waals surface area contributed by atoms with Crippen molar-refractivity contribution < 1.29 is 14.4 Å². The number of fused-ring (bicyclic) bond motifs is 6. The normalized spacial score (nSPS) is 20.3. The van der Waals surface area contributed by atoms with Gasteiger partial charge >= 0.3 is 0 Å². The summed E-state index contributed by atoms with van der Waals surface area (Å²) >= 11 is 23.1. The van der Waals surface area contributed by atoms with Crippen LogP contribution in [0.15, 0.2) is 88.4 Å². The summed E-state index contributed by atoms with van der Waals surface area (Å²) in [5, 5.41) is 13.0. The minimum atomic E-state index is -0.658. The van der Waals surface area contributed by atoms with E-state index in [1.54, 1.807) is 62.6 Å². The second-order valence-electron chi connectivity index (χ2n) is 24.6. The Hall–Kier alpha value is -6.75. The largest absolute Gasteiger partial charge is 0.336 e. The molecule has 89 heavy (non-hydrogen) atoms. The van der Waals surface area contributed by atoms with Crippen LogP contribution in [0.5, 0.6) is 0 Å². The summed E-state index contributed by atoms with van der Waals surface area (Å²) in [7, 11) is 0. The zero-order valence-electron chi connectivity index (χ0n) is 49.1. The molecule has 6 aliphatic carbocycles. The monoisotopic (exact) mass is 1340 g/mol. The first-order valence-electron chi connectivity index (χ1n) is 31.3. The van der Waals surface area contributed by atoms with Gasteiger partial charge in [-0.1, -0.05) is 116 Å². The molecule has 6 fully saturated rings. The van der Waals surface area contributed by atoms with E-state index in [4.69, 9.17) is 34.8 Å². The van der Waals surface area contributed by atoms with Gasteiger partial charge in [0.25, 0.3) is 34.4 Å². The molecule has 9 heterocycles. The Bertz CT molecular complexity index is 3570. The third-order valence-corrected chi connectivity index (χ3v) is 21.0. The van der Waals surface area contributed by atoms with E-state index in [0.717, 1.165) is 153 Å². The van der Waals surface area contributed by atoms with E-state index in [1.807, 2.05) is 9.80 Å². The predicted molar refractivity (Wildman–Crippen MR) is 348 cm³/mol. The summed E-state index contributed by atoms with van der Waals surface area (Å²) in [5.74, 6) is 1.07. The van der Waals surface area contributed by atoms with Gasteiger partial charge in [0, 0.05) is 35.5 Å². The highest BCUT2D eigenvalue weighted by Crippen LogP contribution is 2.50. The van der Waals surface area contributed by atoms with Crippen LogP contribution in [0.3, 0.4) is 0 Å². The van der Waals surface area contributed by atoms with Crippen LogP contribution < -0.4 is 37.9 Å². The molecule has 3 spiro atoms. The molecule has 0 atom stereocenters. The first kappa shape index (κ1) is 63.8. The highest BCUT2D eigenvalue weighted by atomic mass is 79.9. The van der Waals surface area contributed by atoms with Crippen molar-refractivity contribution in [3.63, 3.8) is 0 Å². The van der Waals surface area contributed by atoms with Gasteiger partial charge in [0.2, 0.25) is 0 Å². The van der Waals surface area contributed by atoms with Crippen molar-refractivity contribution >= 4 is 103 Å². The third-order valence-electron chi connectivity index (χ3n) is 19.2. The molecule has 0 unspecified atom stereocenters. The lowest BCUT2D eigenvalue weighted by Crippen LogP contribution is -2.54. The molecule has 0 bridgehead atoms. The van der Waals surface area contributed by atoms with Gasteiger partial charge in [0.1, 0.15) is 87.6 Å². The van der Waals surface area contributed by atoms with E-state index in [0.29, 0.717) is 55.9 Å². The molecule has 9 aliphatic rings. The van der Waals surface area contributed by atoms with Crippen molar-refractivity contribution in [2.75, 3.05) is 16.0 Å². The first-order valence-corrected chi connectivity index (χ1v) is 33.4. The zero-order chi connectivity index (χ0) is 61.2. The van der Waals surface area contributed by atoms with E-state index in [-0.39, 0.29) is 64.6 Å². The Labute approximate surface area is 540 Å². The number of carbonyl (C=O) groups excluding carboxylic acids is 3. The second-order valence-corrected chi connectivity index (χ2v) is 27.1. The Morgan fingerprint density at radius 1 is 0.449 bits per heavy atom. The molecule has 21 nitrogen and oxygen atoms in total. The minimum Gasteiger partial charge on any atom is -0.336 e. The lowest BCUT2D eigenvalue weighted by atomic mass is 9.86. The summed E-state index contributed by atoms with van der Waals surface area (Å²) in [6.07, 6.45) is 37.2. The molecule has 4 N–H and O–H groups in total. The Balaban J connectivity index is 0.000000131. The van der Waals surface area contributed by atoms with Gasteiger partial charge in [0.15, 0.2) is 0 Å². The summed E-state index contributed by atoms with van der Waals surface area (Å²) in [6, 6.07) is 10.0. The number of alkyl halides is 1. The molecule has 3 amide bonds. The number of hydrogen-bond donors (Lipinski definition) is 4. The molecular formula is C64H77BrCl3N15O6. The van der Waals surface area contributed by atoms with Gasteiger partial charge < -0.3 is 31.1 Å². The van der Waals surface area contributed by atoms with Crippen molar-refractivity contribution in [2.45, 2.75) is 215 Å². The average Bonchev–Trinajstić information content (AvgIpc) is 1.59. The van der Waals surface area contributed by atoms with Crippen LogP contribution in [0.2, 0.25) is 15.1 Å². The fourth-order valence-corrected chi connectivity index (χ4v) is 16.8. The highest BCUT2D eigenvalue weighted by molar-refractivity contribution is 9.09. The maximum absolute atomic E-state index is 13.6. The number of nitrogens with zero attached hydrogens (tertiary/aromatic N) is 11. The van der Waals surface area contributed by atoms with Gasteiger partial charge in [-0.05, 0) is 152 Å². The number of carbonyl (C=O) groups is 3. The van der Waals surface area contributed by atoms with Crippen LogP contribution in [-0.2, 0) is 17.0 Å². The number of anilines is 6. The lowest BCUT2D eigenvalue weighted by Gasteiger charge is -2.45. The number of amides is 3. The van der Waals surface area contributed by atoms with Crippen molar-refractivity contribution in [2.24, 2.45) is 0 Å². The number of aromatic nitrogens is 9. The van der Waals surface area contributed by atoms with Crippen LogP contribution in [0.25, 0.3) is 0 Å². The number of hydrogen-bond acceptors (Lipinski definition) is 15. The number of halogens is 4. The smallest absolute Gasteiger partial charge is 0.276 e. The number of pyridine rings is 3. The van der Waals surface area contributed by atoms with E-state index < -0.39 is 17.0 Å². The maximum atomic E-state index is 13.6. The quantitative estimate of drug-likeness (QED) is 0.103. The summed E-state index contributed by atoms with van der Waals surface area (Å²) in [4.78, 5) is 109. The molecule has 25 heteroatoms. The van der Waals surface area contributed by atoms with E-state index >= 15 is 0 Å². The van der Waals surface area contributed by atoms with Gasteiger partial charge in [-0.25, -0.2) is 29.9 Å². The Morgan fingerprint density at radius 2 is 0.787 bits per heavy atom. The molecule has 0 saturated heterocycles. The maximum Gasteiger partial charge on any atom is 0.276 e. The summed E-state index contributed by atoms with van der Waals surface area (Å²) < 4.78 is 4.96. The second kappa shape index (κ2) is 27.4. The summed E-state index contributed by atoms with van der Waals surface area (Å²) in [5.41, 5.74) is -0.627. The lowest BCUT2D eigenvalue weighted by molar-refractivity contribution is -0.00967. The molecule has 0 radical (unpaired) electrons. The van der Waals surface area contributed by atoms with Crippen LogP contribution in [0, 0.1) is 0 Å². The first-order chi connectivity index (χ1) is 42.7. The molecule has 6 saturated carbocycles.